The van der Waals surface area contributed by atoms with E-state index in [9.17, 15) is 48.3 Å². The standard InChI is InChI=1S/C22H16F9N3O4S/c1-39(36,37)8-17(35)34-9-19(25,10-34)16-3-2-11(7-32-16)15-6-20(38-33-15,22(29,30)31)12-4-13(21(26,27)28)18(24)14(23)5-12/h2-7,33H,8-10H2,1H3. The van der Waals surface area contributed by atoms with Crippen molar-refractivity contribution in [3.05, 3.63) is 70.6 Å². The van der Waals surface area contributed by atoms with E-state index in [2.05, 4.69) is 9.82 Å². The maximum Gasteiger partial charge on any atom is 0.428 e. The molecule has 4 rings (SSSR count). The smallest absolute Gasteiger partial charge is 0.334 e. The van der Waals surface area contributed by atoms with E-state index in [1.165, 1.54) is 0 Å². The second-order valence-electron chi connectivity index (χ2n) is 9.03. The topological polar surface area (TPSA) is 88.6 Å². The Morgan fingerprint density at radius 2 is 1.77 bits per heavy atom. The van der Waals surface area contributed by atoms with Crippen LogP contribution in [-0.4, -0.2) is 55.5 Å². The Kier molecular flexibility index (Phi) is 6.69. The number of rotatable bonds is 5. The number of carbonyl (C=O) groups is 1. The Morgan fingerprint density at radius 1 is 1.13 bits per heavy atom. The Hall–Kier alpha value is -3.34. The monoisotopic (exact) mass is 589 g/mol. The van der Waals surface area contributed by atoms with Crippen molar-refractivity contribution in [1.82, 2.24) is 15.4 Å². The predicted octanol–water partition coefficient (Wildman–Crippen LogP) is 3.76. The first-order valence-electron chi connectivity index (χ1n) is 10.7. The summed E-state index contributed by atoms with van der Waals surface area (Å²) in [6.07, 6.45) is -8.92. The van der Waals surface area contributed by atoms with E-state index < -0.39 is 86.7 Å². The van der Waals surface area contributed by atoms with Gasteiger partial charge in [-0.3, -0.25) is 20.1 Å². The maximum atomic E-state index is 15.1. The lowest BCUT2D eigenvalue weighted by Gasteiger charge is -2.43. The van der Waals surface area contributed by atoms with Crippen molar-refractivity contribution in [3.8, 4) is 0 Å². The number of halogens is 9. The van der Waals surface area contributed by atoms with Gasteiger partial charge < -0.3 is 4.90 Å². The average Bonchev–Trinajstić information content (AvgIpc) is 3.24. The van der Waals surface area contributed by atoms with Crippen molar-refractivity contribution in [3.63, 3.8) is 0 Å². The molecule has 1 aromatic heterocycles. The number of hydrogen-bond acceptors (Lipinski definition) is 6. The van der Waals surface area contributed by atoms with Gasteiger partial charge >= 0.3 is 12.4 Å². The Bertz CT molecular complexity index is 1450. The van der Waals surface area contributed by atoms with Gasteiger partial charge in [0.15, 0.2) is 27.1 Å². The molecule has 1 unspecified atom stereocenters. The molecule has 2 aliphatic heterocycles. The highest BCUT2D eigenvalue weighted by molar-refractivity contribution is 7.91. The fourth-order valence-electron chi connectivity index (χ4n) is 4.03. The SMILES string of the molecule is CS(=O)(=O)CC(=O)N1CC(F)(c2ccc(C3=CC(c4cc(F)c(F)c(C(F)(F)F)c4)(C(F)(F)F)ON3)cn2)C1. The number of nitrogens with zero attached hydrogens (tertiary/aromatic N) is 2. The van der Waals surface area contributed by atoms with Gasteiger partial charge in [0.05, 0.1) is 30.0 Å². The van der Waals surface area contributed by atoms with Crippen LogP contribution in [-0.2, 0) is 36.9 Å². The van der Waals surface area contributed by atoms with Crippen molar-refractivity contribution in [2.45, 2.75) is 23.6 Å². The molecular weight excluding hydrogens is 573 g/mol. The first-order chi connectivity index (χ1) is 17.8. The molecule has 2 aliphatic rings. The van der Waals surface area contributed by atoms with Crippen molar-refractivity contribution in [2.75, 3.05) is 25.1 Å². The number of amides is 1. The van der Waals surface area contributed by atoms with Gasteiger partial charge in [-0.05, 0) is 30.3 Å². The molecule has 1 fully saturated rings. The number of aromatic nitrogens is 1. The number of sulfone groups is 1. The number of benzene rings is 1. The number of likely N-dealkylation sites (tertiary alicyclic amines) is 1. The molecule has 1 atom stereocenters. The lowest BCUT2D eigenvalue weighted by Crippen LogP contribution is -2.60. The predicted molar refractivity (Wildman–Crippen MR) is 115 cm³/mol. The molecule has 0 aliphatic carbocycles. The van der Waals surface area contributed by atoms with Crippen molar-refractivity contribution in [2.24, 2.45) is 0 Å². The van der Waals surface area contributed by atoms with Crippen molar-refractivity contribution >= 4 is 21.4 Å². The van der Waals surface area contributed by atoms with Crippen LogP contribution in [0.15, 0.2) is 36.5 Å². The summed E-state index contributed by atoms with van der Waals surface area (Å²) in [7, 11) is -3.65. The van der Waals surface area contributed by atoms with Crippen LogP contribution in [0.25, 0.3) is 5.70 Å². The third-order valence-corrected chi connectivity index (χ3v) is 6.78. The molecule has 0 bridgehead atoms. The van der Waals surface area contributed by atoms with Gasteiger partial charge in [-0.15, -0.1) is 0 Å². The Balaban J connectivity index is 1.62. The number of hydroxylamine groups is 1. The van der Waals surface area contributed by atoms with Gasteiger partial charge in [-0.25, -0.2) is 21.6 Å². The molecule has 2 aromatic rings. The van der Waals surface area contributed by atoms with Gasteiger partial charge in [0.1, 0.15) is 5.75 Å². The molecule has 39 heavy (non-hydrogen) atoms. The summed E-state index contributed by atoms with van der Waals surface area (Å²) in [4.78, 5) is 21.3. The summed E-state index contributed by atoms with van der Waals surface area (Å²) in [5, 5.41) is 0. The number of alkyl halides is 7. The molecule has 1 saturated heterocycles. The van der Waals surface area contributed by atoms with Crippen LogP contribution in [0.4, 0.5) is 39.5 Å². The largest absolute Gasteiger partial charge is 0.428 e. The van der Waals surface area contributed by atoms with Crippen molar-refractivity contribution < 1.29 is 57.6 Å². The summed E-state index contributed by atoms with van der Waals surface area (Å²) in [6, 6.07) is 1.89. The second kappa shape index (κ2) is 9.11. The van der Waals surface area contributed by atoms with Crippen LogP contribution >= 0.6 is 0 Å². The fraction of sp³-hybridized carbons (Fsp3) is 0.364. The molecule has 1 amide bonds. The first kappa shape index (κ1) is 28.7. The molecule has 0 saturated carbocycles. The molecule has 7 nitrogen and oxygen atoms in total. The molecule has 1 aromatic carbocycles. The van der Waals surface area contributed by atoms with E-state index in [0.717, 1.165) is 29.5 Å². The zero-order valence-electron chi connectivity index (χ0n) is 19.4. The van der Waals surface area contributed by atoms with Crippen LogP contribution in [0.2, 0.25) is 0 Å². The van der Waals surface area contributed by atoms with Crippen LogP contribution in [0, 0.1) is 11.6 Å². The zero-order valence-corrected chi connectivity index (χ0v) is 20.2. The summed E-state index contributed by atoms with van der Waals surface area (Å²) in [5.41, 5.74) is -8.46. The second-order valence-corrected chi connectivity index (χ2v) is 11.2. The minimum absolute atomic E-state index is 0.0686. The van der Waals surface area contributed by atoms with Gasteiger partial charge in [-0.2, -0.15) is 26.3 Å². The molecule has 0 radical (unpaired) electrons. The van der Waals surface area contributed by atoms with E-state index in [0.29, 0.717) is 6.08 Å². The number of hydrogen-bond donors (Lipinski definition) is 1. The summed E-state index contributed by atoms with van der Waals surface area (Å²) in [5.74, 6) is -6.21. The van der Waals surface area contributed by atoms with Gasteiger partial charge in [0, 0.05) is 23.6 Å². The number of pyridine rings is 1. The van der Waals surface area contributed by atoms with Gasteiger partial charge in [0.2, 0.25) is 11.5 Å². The molecule has 0 spiro atoms. The van der Waals surface area contributed by atoms with Crippen LogP contribution in [0.5, 0.6) is 0 Å². The lowest BCUT2D eigenvalue weighted by atomic mass is 9.89. The van der Waals surface area contributed by atoms with E-state index in [1.807, 2.05) is 5.48 Å². The van der Waals surface area contributed by atoms with E-state index in [-0.39, 0.29) is 23.4 Å². The Labute approximate surface area is 214 Å². The summed E-state index contributed by atoms with van der Waals surface area (Å²) < 4.78 is 147. The first-order valence-corrected chi connectivity index (χ1v) is 12.7. The average molecular weight is 589 g/mol. The van der Waals surface area contributed by atoms with Gasteiger partial charge in [-0.1, -0.05) is 0 Å². The Morgan fingerprint density at radius 3 is 2.28 bits per heavy atom. The van der Waals surface area contributed by atoms with E-state index >= 15 is 4.39 Å². The van der Waals surface area contributed by atoms with E-state index in [4.69, 9.17) is 0 Å². The summed E-state index contributed by atoms with van der Waals surface area (Å²) >= 11 is 0. The minimum atomic E-state index is -5.51. The quantitative estimate of drug-likeness (QED) is 0.535. The van der Waals surface area contributed by atoms with Crippen LogP contribution < -0.4 is 5.48 Å². The van der Waals surface area contributed by atoms with Gasteiger partial charge in [0.25, 0.3) is 0 Å². The van der Waals surface area contributed by atoms with Crippen LogP contribution in [0.1, 0.15) is 22.4 Å². The summed E-state index contributed by atoms with van der Waals surface area (Å²) in [6.45, 7) is -1.04. The maximum absolute atomic E-state index is 15.1. The zero-order chi connectivity index (χ0) is 29.2. The fourth-order valence-corrected chi connectivity index (χ4v) is 4.66. The molecule has 1 N–H and O–H groups in total. The molecular formula is C22H16F9N3O4S. The normalized spacial score (nSPS) is 21.3. The van der Waals surface area contributed by atoms with Crippen LogP contribution in [0.3, 0.4) is 0 Å². The number of nitrogens with one attached hydrogen (secondary N) is 1. The van der Waals surface area contributed by atoms with Crippen molar-refractivity contribution in [1.29, 1.82) is 0 Å². The van der Waals surface area contributed by atoms with E-state index in [1.54, 1.807) is 0 Å². The third kappa shape index (κ3) is 5.28. The highest BCUT2D eigenvalue weighted by Gasteiger charge is 2.60. The molecule has 17 heteroatoms. The highest BCUT2D eigenvalue weighted by Crippen LogP contribution is 2.49. The lowest BCUT2D eigenvalue weighted by molar-refractivity contribution is -0.269. The molecule has 212 valence electrons. The third-order valence-electron chi connectivity index (χ3n) is 6.01. The highest BCUT2D eigenvalue weighted by atomic mass is 32.2. The number of carbonyl (C=O) groups excluding carboxylic acids is 1. The minimum Gasteiger partial charge on any atom is -0.334 e. The molecule has 3 heterocycles.